The van der Waals surface area contributed by atoms with Crippen LogP contribution in [0.4, 0.5) is 0 Å². The molecule has 1 aromatic rings. The number of nitrogens with zero attached hydrogens (tertiary/aromatic N) is 1. The van der Waals surface area contributed by atoms with Crippen molar-refractivity contribution in [2.45, 2.75) is 11.3 Å². The van der Waals surface area contributed by atoms with Crippen molar-refractivity contribution in [2.75, 3.05) is 26.8 Å². The number of likely N-dealkylation sites (tertiary alicyclic amines) is 1. The van der Waals surface area contributed by atoms with Gasteiger partial charge in [-0.05, 0) is 24.6 Å². The molecular formula is C13H17NO2S. The lowest BCUT2D eigenvalue weighted by Gasteiger charge is -2.16. The summed E-state index contributed by atoms with van der Waals surface area (Å²) >= 11 is 4.25. The van der Waals surface area contributed by atoms with Crippen LogP contribution in [0.15, 0.2) is 29.2 Å². The van der Waals surface area contributed by atoms with Crippen LogP contribution in [0.5, 0.6) is 0 Å². The Morgan fingerprint density at radius 3 is 3.12 bits per heavy atom. The first-order valence-corrected chi connectivity index (χ1v) is 6.22. The maximum absolute atomic E-state index is 12.2. The molecular weight excluding hydrogens is 234 g/mol. The highest BCUT2D eigenvalue weighted by Gasteiger charge is 2.26. The minimum absolute atomic E-state index is 0.0968. The average molecular weight is 251 g/mol. The second-order valence-corrected chi connectivity index (χ2v) is 4.93. The topological polar surface area (TPSA) is 29.5 Å². The molecule has 4 heteroatoms. The van der Waals surface area contributed by atoms with Crippen molar-refractivity contribution in [2.24, 2.45) is 5.92 Å². The van der Waals surface area contributed by atoms with Gasteiger partial charge in [-0.15, -0.1) is 12.6 Å². The second-order valence-electron chi connectivity index (χ2n) is 4.41. The minimum atomic E-state index is 0.0968. The van der Waals surface area contributed by atoms with Gasteiger partial charge in [-0.25, -0.2) is 0 Å². The lowest BCUT2D eigenvalue weighted by molar-refractivity contribution is 0.0775. The summed E-state index contributed by atoms with van der Waals surface area (Å²) in [5.74, 6) is 0.572. The molecule has 3 nitrogen and oxygen atoms in total. The Hall–Kier alpha value is -1.00. The lowest BCUT2D eigenvalue weighted by Crippen LogP contribution is -2.29. The summed E-state index contributed by atoms with van der Waals surface area (Å²) in [5, 5.41) is 0. The molecule has 1 fully saturated rings. The van der Waals surface area contributed by atoms with Crippen molar-refractivity contribution in [3.8, 4) is 0 Å². The van der Waals surface area contributed by atoms with E-state index >= 15 is 0 Å². The van der Waals surface area contributed by atoms with E-state index in [2.05, 4.69) is 12.6 Å². The third-order valence-corrected chi connectivity index (χ3v) is 3.35. The number of rotatable bonds is 3. The summed E-state index contributed by atoms with van der Waals surface area (Å²) < 4.78 is 5.13. The molecule has 0 aliphatic carbocycles. The second kappa shape index (κ2) is 5.56. The van der Waals surface area contributed by atoms with E-state index in [1.165, 1.54) is 0 Å². The van der Waals surface area contributed by atoms with Crippen LogP contribution in [0.1, 0.15) is 16.8 Å². The highest BCUT2D eigenvalue weighted by molar-refractivity contribution is 7.80. The zero-order valence-electron chi connectivity index (χ0n) is 9.93. The van der Waals surface area contributed by atoms with Crippen molar-refractivity contribution in [3.05, 3.63) is 29.8 Å². The third kappa shape index (κ3) is 3.01. The Morgan fingerprint density at radius 2 is 2.41 bits per heavy atom. The molecule has 0 radical (unpaired) electrons. The fraction of sp³-hybridized carbons (Fsp3) is 0.462. The van der Waals surface area contributed by atoms with Gasteiger partial charge in [-0.1, -0.05) is 6.07 Å². The smallest absolute Gasteiger partial charge is 0.253 e. The fourth-order valence-corrected chi connectivity index (χ4v) is 2.44. The molecule has 0 N–H and O–H groups in total. The van der Waals surface area contributed by atoms with Crippen molar-refractivity contribution >= 4 is 18.5 Å². The summed E-state index contributed by atoms with van der Waals surface area (Å²) in [7, 11) is 1.70. The molecule has 1 atom stereocenters. The van der Waals surface area contributed by atoms with E-state index in [4.69, 9.17) is 4.74 Å². The molecule has 0 aromatic heterocycles. The van der Waals surface area contributed by atoms with Crippen LogP contribution in [0.25, 0.3) is 0 Å². The summed E-state index contributed by atoms with van der Waals surface area (Å²) in [4.78, 5) is 14.9. The van der Waals surface area contributed by atoms with Crippen molar-refractivity contribution < 1.29 is 9.53 Å². The van der Waals surface area contributed by atoms with E-state index in [1.807, 2.05) is 29.2 Å². The fourth-order valence-electron chi connectivity index (χ4n) is 2.21. The highest BCUT2D eigenvalue weighted by atomic mass is 32.1. The zero-order chi connectivity index (χ0) is 12.3. The van der Waals surface area contributed by atoms with Crippen LogP contribution >= 0.6 is 12.6 Å². The Balaban J connectivity index is 2.02. The van der Waals surface area contributed by atoms with Gasteiger partial charge in [0.25, 0.3) is 5.91 Å². The summed E-state index contributed by atoms with van der Waals surface area (Å²) in [6.45, 7) is 2.35. The van der Waals surface area contributed by atoms with Gasteiger partial charge in [-0.2, -0.15) is 0 Å². The maximum Gasteiger partial charge on any atom is 0.253 e. The minimum Gasteiger partial charge on any atom is -0.384 e. The normalized spacial score (nSPS) is 19.6. The Bertz CT molecular complexity index is 408. The van der Waals surface area contributed by atoms with Gasteiger partial charge in [0.05, 0.1) is 6.61 Å². The maximum atomic E-state index is 12.2. The van der Waals surface area contributed by atoms with Gasteiger partial charge in [0, 0.05) is 36.6 Å². The van der Waals surface area contributed by atoms with E-state index < -0.39 is 0 Å². The number of amides is 1. The molecule has 1 heterocycles. The number of carbonyl (C=O) groups excluding carboxylic acids is 1. The predicted molar refractivity (Wildman–Crippen MR) is 69.6 cm³/mol. The van der Waals surface area contributed by atoms with Crippen LogP contribution in [0.3, 0.4) is 0 Å². The number of thiol groups is 1. The number of hydrogen-bond donors (Lipinski definition) is 1. The number of methoxy groups -OCH3 is 1. The van der Waals surface area contributed by atoms with Crippen molar-refractivity contribution in [1.29, 1.82) is 0 Å². The number of hydrogen-bond acceptors (Lipinski definition) is 3. The van der Waals surface area contributed by atoms with Crippen LogP contribution in [0.2, 0.25) is 0 Å². The van der Waals surface area contributed by atoms with E-state index in [9.17, 15) is 4.79 Å². The number of carbonyl (C=O) groups is 1. The summed E-state index contributed by atoms with van der Waals surface area (Å²) in [5.41, 5.74) is 0.718. The van der Waals surface area contributed by atoms with Crippen molar-refractivity contribution in [3.63, 3.8) is 0 Å². The monoisotopic (exact) mass is 251 g/mol. The first-order valence-electron chi connectivity index (χ1n) is 5.78. The quantitative estimate of drug-likeness (QED) is 0.834. The van der Waals surface area contributed by atoms with E-state index in [-0.39, 0.29) is 5.91 Å². The molecule has 0 bridgehead atoms. The zero-order valence-corrected chi connectivity index (χ0v) is 10.8. The van der Waals surface area contributed by atoms with Crippen LogP contribution in [-0.2, 0) is 4.74 Å². The lowest BCUT2D eigenvalue weighted by atomic mass is 10.1. The van der Waals surface area contributed by atoms with E-state index in [0.29, 0.717) is 5.92 Å². The molecule has 2 rings (SSSR count). The largest absolute Gasteiger partial charge is 0.384 e. The Kier molecular flexibility index (Phi) is 4.07. The van der Waals surface area contributed by atoms with Crippen LogP contribution in [0, 0.1) is 5.92 Å². The third-order valence-electron chi connectivity index (χ3n) is 3.07. The predicted octanol–water partition coefficient (Wildman–Crippen LogP) is 2.08. The first kappa shape index (κ1) is 12.5. The summed E-state index contributed by atoms with van der Waals surface area (Å²) in [6.07, 6.45) is 1.03. The number of benzene rings is 1. The van der Waals surface area contributed by atoms with Gasteiger partial charge in [0.2, 0.25) is 0 Å². The molecule has 0 spiro atoms. The van der Waals surface area contributed by atoms with Gasteiger partial charge < -0.3 is 9.64 Å². The molecule has 1 unspecified atom stereocenters. The molecule has 1 aromatic carbocycles. The molecule has 1 aliphatic heterocycles. The Labute approximate surface area is 107 Å². The van der Waals surface area contributed by atoms with Gasteiger partial charge in [-0.3, -0.25) is 4.79 Å². The SMILES string of the molecule is COCC1CCN(C(=O)c2cccc(S)c2)C1. The molecule has 92 valence electrons. The molecule has 1 saturated heterocycles. The molecule has 1 amide bonds. The van der Waals surface area contributed by atoms with Crippen LogP contribution < -0.4 is 0 Å². The van der Waals surface area contributed by atoms with Gasteiger partial charge in [0.15, 0.2) is 0 Å². The summed E-state index contributed by atoms with van der Waals surface area (Å²) in [6, 6.07) is 7.39. The molecule has 0 saturated carbocycles. The van der Waals surface area contributed by atoms with E-state index in [1.54, 1.807) is 7.11 Å². The van der Waals surface area contributed by atoms with Crippen molar-refractivity contribution in [1.82, 2.24) is 4.90 Å². The molecule has 1 aliphatic rings. The van der Waals surface area contributed by atoms with E-state index in [0.717, 1.165) is 36.6 Å². The highest BCUT2D eigenvalue weighted by Crippen LogP contribution is 2.19. The average Bonchev–Trinajstić information content (AvgIpc) is 2.77. The first-order chi connectivity index (χ1) is 8.20. The van der Waals surface area contributed by atoms with Crippen LogP contribution in [-0.4, -0.2) is 37.6 Å². The number of ether oxygens (including phenoxy) is 1. The van der Waals surface area contributed by atoms with Gasteiger partial charge in [0.1, 0.15) is 0 Å². The standard InChI is InChI=1S/C13H17NO2S/c1-16-9-10-5-6-14(8-10)13(15)11-3-2-4-12(17)7-11/h2-4,7,10,17H,5-6,8-9H2,1H3. The molecule has 17 heavy (non-hydrogen) atoms. The Morgan fingerprint density at radius 1 is 1.59 bits per heavy atom. The van der Waals surface area contributed by atoms with Gasteiger partial charge >= 0.3 is 0 Å².